The fourth-order valence-electron chi connectivity index (χ4n) is 0.438. The third kappa shape index (κ3) is 7.29. The molecule has 0 amide bonds. The first kappa shape index (κ1) is 3.03. The van der Waals surface area contributed by atoms with Gasteiger partial charge < -0.3 is 14.7 Å². The van der Waals surface area contributed by atoms with Crippen molar-refractivity contribution < 1.29 is 29.1 Å². The number of carboxylic acids is 1. The van der Waals surface area contributed by atoms with E-state index in [1.807, 2.05) is 0 Å². The molecule has 0 bridgehead atoms. The summed E-state index contributed by atoms with van der Waals surface area (Å²) in [5, 5.41) is 12.6. The fourth-order valence-corrected chi connectivity index (χ4v) is 0.438. The van der Waals surface area contributed by atoms with Crippen molar-refractivity contribution in [3.8, 4) is 0 Å². The first-order valence-electron chi connectivity index (χ1n) is 6.74. The van der Waals surface area contributed by atoms with Crippen LogP contribution in [-0.2, 0) is 4.79 Å². The molecule has 0 unspecified atom stereocenters. The van der Waals surface area contributed by atoms with Gasteiger partial charge in [-0.05, 0) is 0 Å². The highest BCUT2D eigenvalue weighted by molar-refractivity contribution is 5.67. The van der Waals surface area contributed by atoms with E-state index in [0.717, 1.165) is 14.1 Å². The van der Waals surface area contributed by atoms with E-state index in [9.17, 15) is 4.79 Å². The predicted octanol–water partition coefficient (Wildman–Crippen LogP) is -0.472. The number of quaternary nitrogens is 1. The van der Waals surface area contributed by atoms with Crippen LogP contribution in [0.5, 0.6) is 0 Å². The van der Waals surface area contributed by atoms with Crippen molar-refractivity contribution in [1.29, 1.82) is 1.43 Å². The van der Waals surface area contributed by atoms with Gasteiger partial charge >= 0.3 is 5.97 Å². The van der Waals surface area contributed by atoms with Gasteiger partial charge in [-0.25, -0.2) is 0 Å². The third-order valence-electron chi connectivity index (χ3n) is 0.695. The van der Waals surface area contributed by atoms with Crippen molar-refractivity contribution in [3.05, 3.63) is 0 Å². The number of nitrogens with zero attached hydrogens (tertiary/aromatic N) is 1. The molecule has 4 heteroatoms. The zero-order chi connectivity index (χ0) is 15.9. The van der Waals surface area contributed by atoms with Crippen LogP contribution >= 0.6 is 0 Å². The number of likely N-dealkylation sites (N-methyl/N-ethyl adjacent to an activating group) is 1. The molecule has 0 aliphatic carbocycles. The molecule has 0 radical (unpaired) electrons. The van der Waals surface area contributed by atoms with Gasteiger partial charge in [0, 0.05) is 2.74 Å². The van der Waals surface area contributed by atoms with Crippen LogP contribution in [0.1, 0.15) is 16.0 Å². The molecule has 0 fully saturated rings. The van der Waals surface area contributed by atoms with Crippen molar-refractivity contribution in [2.75, 3.05) is 27.6 Å². The average Bonchev–Trinajstić information content (AvgIpc) is 2.15. The molecule has 4 nitrogen and oxygen atoms in total. The highest BCUT2D eigenvalue weighted by Crippen LogP contribution is 1.98. The Morgan fingerprint density at radius 3 is 2.91 bits per heavy atom. The van der Waals surface area contributed by atoms with E-state index < -0.39 is 36.4 Å². The molecule has 0 heterocycles. The van der Waals surface area contributed by atoms with E-state index in [1.54, 1.807) is 0 Å². The molecule has 66 valence electrons. The van der Waals surface area contributed by atoms with Crippen LogP contribution in [0.2, 0.25) is 0 Å². The van der Waals surface area contributed by atoms with E-state index in [1.165, 1.54) is 0 Å². The number of aliphatic hydroxyl groups is 1. The lowest BCUT2D eigenvalue weighted by atomic mass is 10.2. The highest BCUT2D eigenvalue weighted by Gasteiger charge is 2.17. The minimum Gasteiger partial charge on any atom is -0.481 e. The molecule has 0 rings (SSSR count). The van der Waals surface area contributed by atoms with Crippen molar-refractivity contribution in [1.82, 2.24) is 0 Å². The SMILES string of the molecule is [2H]O[C@H](C([2H])([2H])C(=O)O)C([2H])([2H])[N+](C)(C)C([2H])([2H])[2H]. The van der Waals surface area contributed by atoms with E-state index >= 15 is 0 Å². The maximum Gasteiger partial charge on any atom is 0.306 e. The zero-order valence-electron chi connectivity index (χ0n) is 14.3. The molecule has 2 N–H and O–H groups in total. The van der Waals surface area contributed by atoms with E-state index in [2.05, 4.69) is 5.11 Å². The fraction of sp³-hybridized carbons (Fsp3) is 0.857. The van der Waals surface area contributed by atoms with Gasteiger partial charge in [0.1, 0.15) is 12.6 Å². The normalized spacial score (nSPS) is 28.9. The van der Waals surface area contributed by atoms with E-state index in [0.29, 0.717) is 0 Å². The first-order chi connectivity index (χ1) is 8.14. The number of carboxylic acid groups (broad SMARTS) is 1. The number of hydrogen-bond donors (Lipinski definition) is 2. The van der Waals surface area contributed by atoms with Gasteiger partial charge in [-0.2, -0.15) is 0 Å². The molecule has 0 spiro atoms. The van der Waals surface area contributed by atoms with Crippen LogP contribution in [0.15, 0.2) is 0 Å². The second-order valence-electron chi connectivity index (χ2n) is 2.41. The first-order valence-corrected chi connectivity index (χ1v) is 2.83. The molecule has 0 aromatic rings. The molecule has 0 aliphatic heterocycles. The van der Waals surface area contributed by atoms with Crippen LogP contribution in [0.25, 0.3) is 0 Å². The zero-order valence-corrected chi connectivity index (χ0v) is 6.29. The summed E-state index contributed by atoms with van der Waals surface area (Å²) >= 11 is 0. The smallest absolute Gasteiger partial charge is 0.306 e. The topological polar surface area (TPSA) is 57.5 Å². The van der Waals surface area contributed by atoms with Gasteiger partial charge in [0.05, 0.1) is 34.3 Å². The summed E-state index contributed by atoms with van der Waals surface area (Å²) in [6, 6.07) is 0. The molecule has 0 aliphatic rings. The third-order valence-corrected chi connectivity index (χ3v) is 0.695. The second-order valence-corrected chi connectivity index (χ2v) is 2.41. The summed E-state index contributed by atoms with van der Waals surface area (Å²) in [7, 11) is 1.88. The Labute approximate surface area is 78.0 Å². The van der Waals surface area contributed by atoms with Crippen LogP contribution in [0, 0.1) is 0 Å². The van der Waals surface area contributed by atoms with Crippen LogP contribution in [0.4, 0.5) is 0 Å². The molecule has 0 saturated heterocycles. The highest BCUT2D eigenvalue weighted by atomic mass is 16.4. The summed E-state index contributed by atoms with van der Waals surface area (Å²) in [6.07, 6.45) is -5.68. The number of aliphatic hydroxyl groups excluding tert-OH is 1. The maximum absolute atomic E-state index is 10.8. The molecular weight excluding hydrogens is 146 g/mol. The predicted molar refractivity (Wildman–Crippen MR) is 41.2 cm³/mol. The standard InChI is InChI=1S/C7H15NO3/c1-8(2,3)5-6(9)4-7(10)11/h6,9H,4-5H2,1-3H3/p+1/t6-/m1/s1/i1D3,4D2,5D2,9D. The molecular formula is C7H16NO3+. The Hall–Kier alpha value is -0.610. The van der Waals surface area contributed by atoms with Gasteiger partial charge in [0.25, 0.3) is 0 Å². The maximum atomic E-state index is 10.8. The van der Waals surface area contributed by atoms with Crippen molar-refractivity contribution in [2.45, 2.75) is 12.5 Å². The van der Waals surface area contributed by atoms with E-state index in [-0.39, 0.29) is 0 Å². The van der Waals surface area contributed by atoms with Gasteiger partial charge in [-0.15, -0.1) is 0 Å². The Bertz CT molecular complexity index is 353. The summed E-state index contributed by atoms with van der Waals surface area (Å²) in [4.78, 5) is 10.8. The summed E-state index contributed by atoms with van der Waals surface area (Å²) in [6.45, 7) is -5.87. The molecule has 0 aromatic heterocycles. The molecule has 0 saturated carbocycles. The quantitative estimate of drug-likeness (QED) is 0.548. The Balaban J connectivity index is 5.80. The van der Waals surface area contributed by atoms with Gasteiger partial charge in [-0.1, -0.05) is 0 Å². The summed E-state index contributed by atoms with van der Waals surface area (Å²) in [5.74, 6) is -2.04. The van der Waals surface area contributed by atoms with Crippen LogP contribution in [0.3, 0.4) is 0 Å². The Morgan fingerprint density at radius 2 is 2.55 bits per heavy atom. The lowest BCUT2D eigenvalue weighted by Crippen LogP contribution is -2.42. The van der Waals surface area contributed by atoms with Crippen molar-refractivity contribution >= 4 is 5.97 Å². The average molecular weight is 170 g/mol. The number of carbonyl (C=O) groups is 1. The number of aliphatic carboxylic acids is 1. The van der Waals surface area contributed by atoms with Crippen LogP contribution in [-0.4, -0.2) is 55.8 Å². The lowest BCUT2D eigenvalue weighted by molar-refractivity contribution is -0.873. The van der Waals surface area contributed by atoms with Crippen LogP contribution < -0.4 is 0 Å². The largest absolute Gasteiger partial charge is 0.481 e. The van der Waals surface area contributed by atoms with E-state index in [4.69, 9.17) is 16.1 Å². The second kappa shape index (κ2) is 3.69. The number of rotatable bonds is 5. The Morgan fingerprint density at radius 1 is 1.91 bits per heavy atom. The minimum absolute atomic E-state index is 0.941. The number of hydrogen-bond acceptors (Lipinski definition) is 2. The summed E-state index contributed by atoms with van der Waals surface area (Å²) in [5.41, 5.74) is 0. The van der Waals surface area contributed by atoms with Gasteiger partial charge in [0.15, 0.2) is 0 Å². The molecule has 11 heavy (non-hydrogen) atoms. The Kier molecular flexibility index (Phi) is 1.02. The molecule has 0 aromatic carbocycles. The molecule has 1 atom stereocenters. The van der Waals surface area contributed by atoms with Crippen molar-refractivity contribution in [2.24, 2.45) is 0 Å². The monoisotopic (exact) mass is 170 g/mol. The van der Waals surface area contributed by atoms with Gasteiger partial charge in [-0.3, -0.25) is 4.79 Å². The van der Waals surface area contributed by atoms with Gasteiger partial charge in [0.2, 0.25) is 1.43 Å². The van der Waals surface area contributed by atoms with Crippen molar-refractivity contribution in [3.63, 3.8) is 0 Å². The minimum atomic E-state index is -3.26. The lowest BCUT2D eigenvalue weighted by Gasteiger charge is -2.25. The summed E-state index contributed by atoms with van der Waals surface area (Å²) < 4.78 is 57.1.